The van der Waals surface area contributed by atoms with Crippen molar-refractivity contribution in [1.82, 2.24) is 5.43 Å². The molecule has 2 aromatic carbocycles. The number of rotatable bonds is 4. The minimum Gasteiger partial charge on any atom is -0.496 e. The average molecular weight is 346 g/mol. The Morgan fingerprint density at radius 1 is 1.10 bits per heavy atom. The third kappa shape index (κ3) is 3.73. The maximum atomic E-state index is 12.1. The summed E-state index contributed by atoms with van der Waals surface area (Å²) in [6.45, 7) is 0. The van der Waals surface area contributed by atoms with E-state index in [4.69, 9.17) is 39.5 Å². The van der Waals surface area contributed by atoms with E-state index in [1.165, 1.54) is 19.2 Å². The summed E-state index contributed by atoms with van der Waals surface area (Å²) in [5, 5.41) is 1.01. The van der Waals surface area contributed by atoms with E-state index in [2.05, 4.69) is 10.9 Å². The van der Waals surface area contributed by atoms with Crippen molar-refractivity contribution in [1.29, 1.82) is 0 Å². The largest absolute Gasteiger partial charge is 0.496 e. The van der Waals surface area contributed by atoms with Crippen molar-refractivity contribution >= 4 is 46.4 Å². The van der Waals surface area contributed by atoms with Gasteiger partial charge < -0.3 is 4.74 Å². The molecule has 2 aromatic rings. The summed E-state index contributed by atoms with van der Waals surface area (Å²) in [7, 11) is 1.49. The summed E-state index contributed by atoms with van der Waals surface area (Å²) in [5.74, 6) is 0.0830. The molecule has 0 unspecified atom stereocenters. The summed E-state index contributed by atoms with van der Waals surface area (Å²) < 4.78 is 5.12. The van der Waals surface area contributed by atoms with Gasteiger partial charge in [-0.25, -0.2) is 0 Å². The number of hydrogen-bond acceptors (Lipinski definition) is 3. The monoisotopic (exact) mass is 344 g/mol. The van der Waals surface area contributed by atoms with Gasteiger partial charge in [-0.2, -0.15) is 0 Å². The average Bonchev–Trinajstić information content (AvgIpc) is 2.45. The molecule has 0 aromatic heterocycles. The quantitative estimate of drug-likeness (QED) is 0.807. The number of nitrogens with one attached hydrogen (secondary N) is 2. The number of halogens is 3. The highest BCUT2D eigenvalue weighted by atomic mass is 35.5. The second-order valence-electron chi connectivity index (χ2n) is 4.02. The Bertz CT molecular complexity index is 654. The molecule has 0 bridgehead atoms. The van der Waals surface area contributed by atoms with Gasteiger partial charge in [0.05, 0.1) is 28.4 Å². The molecule has 0 fully saturated rings. The molecule has 0 saturated carbocycles. The molecule has 2 N–H and O–H groups in total. The number of hydrogen-bond donors (Lipinski definition) is 2. The molecule has 2 rings (SSSR count). The molecule has 0 aliphatic rings. The van der Waals surface area contributed by atoms with Crippen LogP contribution in [0.15, 0.2) is 36.4 Å². The smallest absolute Gasteiger partial charge is 0.273 e. The third-order valence-corrected chi connectivity index (χ3v) is 3.47. The molecule has 0 radical (unpaired) electrons. The number of methoxy groups -OCH3 is 1. The number of carbonyl (C=O) groups excluding carboxylic acids is 1. The molecule has 0 saturated heterocycles. The van der Waals surface area contributed by atoms with Crippen LogP contribution in [-0.2, 0) is 0 Å². The number of hydrazine groups is 1. The number of ether oxygens (including phenoxy) is 1. The van der Waals surface area contributed by atoms with Crippen molar-refractivity contribution in [2.75, 3.05) is 12.5 Å². The molecule has 0 aliphatic carbocycles. The van der Waals surface area contributed by atoms with E-state index in [1.807, 2.05) is 0 Å². The van der Waals surface area contributed by atoms with Crippen LogP contribution >= 0.6 is 34.8 Å². The van der Waals surface area contributed by atoms with Crippen LogP contribution in [0.2, 0.25) is 15.1 Å². The molecular weight excluding hydrogens is 335 g/mol. The number of para-hydroxylation sites is 1. The van der Waals surface area contributed by atoms with Gasteiger partial charge in [0.1, 0.15) is 5.75 Å². The van der Waals surface area contributed by atoms with Gasteiger partial charge in [0.25, 0.3) is 5.91 Å². The lowest BCUT2D eigenvalue weighted by Gasteiger charge is -2.13. The van der Waals surface area contributed by atoms with Crippen LogP contribution in [0.25, 0.3) is 0 Å². The van der Waals surface area contributed by atoms with Crippen molar-refractivity contribution in [2.45, 2.75) is 0 Å². The predicted molar refractivity (Wildman–Crippen MR) is 85.6 cm³/mol. The minimum atomic E-state index is -0.380. The van der Waals surface area contributed by atoms with Crippen molar-refractivity contribution < 1.29 is 9.53 Å². The normalized spacial score (nSPS) is 10.1. The Kier molecular flexibility index (Phi) is 5.17. The Morgan fingerprint density at radius 2 is 1.71 bits per heavy atom. The van der Waals surface area contributed by atoms with Crippen molar-refractivity contribution in [2.24, 2.45) is 0 Å². The highest BCUT2D eigenvalue weighted by Crippen LogP contribution is 2.33. The first-order valence-corrected chi connectivity index (χ1v) is 7.00. The van der Waals surface area contributed by atoms with E-state index < -0.39 is 0 Å². The number of benzene rings is 2. The first-order chi connectivity index (χ1) is 10.0. The van der Waals surface area contributed by atoms with Crippen LogP contribution in [-0.4, -0.2) is 13.0 Å². The van der Waals surface area contributed by atoms with Crippen LogP contribution in [0.5, 0.6) is 5.75 Å². The van der Waals surface area contributed by atoms with Crippen molar-refractivity contribution in [3.05, 3.63) is 57.0 Å². The zero-order chi connectivity index (χ0) is 15.4. The van der Waals surface area contributed by atoms with E-state index in [9.17, 15) is 4.79 Å². The van der Waals surface area contributed by atoms with E-state index in [1.54, 1.807) is 24.3 Å². The van der Waals surface area contributed by atoms with Gasteiger partial charge in [-0.3, -0.25) is 15.6 Å². The Morgan fingerprint density at radius 3 is 2.33 bits per heavy atom. The Balaban J connectivity index is 2.15. The Hall–Kier alpha value is -1.62. The maximum Gasteiger partial charge on any atom is 0.273 e. The highest BCUT2D eigenvalue weighted by Gasteiger charge is 2.13. The Labute approximate surface area is 136 Å². The molecule has 7 heteroatoms. The van der Waals surface area contributed by atoms with Gasteiger partial charge in [0, 0.05) is 5.02 Å². The maximum absolute atomic E-state index is 12.1. The molecule has 21 heavy (non-hydrogen) atoms. The predicted octanol–water partition coefficient (Wildman–Crippen LogP) is 4.41. The van der Waals surface area contributed by atoms with Gasteiger partial charge in [0.2, 0.25) is 0 Å². The lowest BCUT2D eigenvalue weighted by molar-refractivity contribution is 0.0959. The molecule has 1 amide bonds. The van der Waals surface area contributed by atoms with Gasteiger partial charge >= 0.3 is 0 Å². The highest BCUT2D eigenvalue weighted by molar-refractivity contribution is 6.41. The van der Waals surface area contributed by atoms with Crippen LogP contribution < -0.4 is 15.6 Å². The fraction of sp³-hybridized carbons (Fsp3) is 0.0714. The lowest BCUT2D eigenvalue weighted by atomic mass is 10.2. The van der Waals surface area contributed by atoms with E-state index >= 15 is 0 Å². The van der Waals surface area contributed by atoms with Gasteiger partial charge in [-0.15, -0.1) is 0 Å². The standard InChI is InChI=1S/C14H11Cl3N2O2/c1-21-12-5-3-2-4-9(12)14(20)19-18-13-10(16)6-8(15)7-11(13)17/h2-7,18H,1H3,(H,19,20). The molecule has 0 atom stereocenters. The van der Waals surface area contributed by atoms with E-state index in [-0.39, 0.29) is 5.91 Å². The summed E-state index contributed by atoms with van der Waals surface area (Å²) >= 11 is 17.9. The zero-order valence-electron chi connectivity index (χ0n) is 10.9. The molecule has 0 spiro atoms. The fourth-order valence-electron chi connectivity index (χ4n) is 1.68. The second-order valence-corrected chi connectivity index (χ2v) is 5.27. The van der Waals surface area contributed by atoms with Gasteiger partial charge in [0.15, 0.2) is 0 Å². The van der Waals surface area contributed by atoms with Crippen LogP contribution in [0.1, 0.15) is 10.4 Å². The first-order valence-electron chi connectivity index (χ1n) is 5.87. The van der Waals surface area contributed by atoms with Crippen LogP contribution in [0.3, 0.4) is 0 Å². The van der Waals surface area contributed by atoms with Gasteiger partial charge in [-0.05, 0) is 24.3 Å². The van der Waals surface area contributed by atoms with Gasteiger partial charge in [-0.1, -0.05) is 46.9 Å². The molecule has 0 heterocycles. The van der Waals surface area contributed by atoms with Crippen LogP contribution in [0.4, 0.5) is 5.69 Å². The lowest BCUT2D eigenvalue weighted by Crippen LogP contribution is -2.30. The molecule has 4 nitrogen and oxygen atoms in total. The summed E-state index contributed by atoms with van der Waals surface area (Å²) in [6, 6.07) is 9.88. The fourth-order valence-corrected chi connectivity index (χ4v) is 2.59. The minimum absolute atomic E-state index is 0.299. The third-order valence-electron chi connectivity index (χ3n) is 2.66. The van der Waals surface area contributed by atoms with Crippen molar-refractivity contribution in [3.8, 4) is 5.75 Å². The molecule has 0 aliphatic heterocycles. The molecule has 110 valence electrons. The van der Waals surface area contributed by atoms with E-state index in [0.717, 1.165) is 0 Å². The molecular formula is C14H11Cl3N2O2. The summed E-state index contributed by atoms with van der Waals surface area (Å²) in [5.41, 5.74) is 5.94. The number of amides is 1. The van der Waals surface area contributed by atoms with Crippen LogP contribution in [0, 0.1) is 0 Å². The first kappa shape index (κ1) is 15.8. The summed E-state index contributed by atoms with van der Waals surface area (Å²) in [4.78, 5) is 12.1. The topological polar surface area (TPSA) is 50.4 Å². The second kappa shape index (κ2) is 6.89. The number of anilines is 1. The number of carbonyl (C=O) groups is 1. The van der Waals surface area contributed by atoms with E-state index in [0.29, 0.717) is 32.1 Å². The summed E-state index contributed by atoms with van der Waals surface area (Å²) in [6.07, 6.45) is 0. The SMILES string of the molecule is COc1ccccc1C(=O)NNc1c(Cl)cc(Cl)cc1Cl. The zero-order valence-corrected chi connectivity index (χ0v) is 13.2. The van der Waals surface area contributed by atoms with Crippen molar-refractivity contribution in [3.63, 3.8) is 0 Å².